The lowest BCUT2D eigenvalue weighted by Crippen LogP contribution is -2.53. The molecule has 1 aromatic heterocycles. The van der Waals surface area contributed by atoms with Crippen molar-refractivity contribution in [3.63, 3.8) is 0 Å². The van der Waals surface area contributed by atoms with E-state index in [0.29, 0.717) is 32.2 Å². The molecule has 1 aliphatic carbocycles. The van der Waals surface area contributed by atoms with E-state index in [9.17, 15) is 4.79 Å². The summed E-state index contributed by atoms with van der Waals surface area (Å²) in [5.41, 5.74) is 2.25. The number of aromatic nitrogens is 2. The molecular formula is C19H24N4O2. The number of carbonyl (C=O) groups is 1. The molecule has 0 radical (unpaired) electrons. The lowest BCUT2D eigenvalue weighted by Gasteiger charge is -2.35. The lowest BCUT2D eigenvalue weighted by molar-refractivity contribution is 0.00477. The first-order valence-corrected chi connectivity index (χ1v) is 9.02. The van der Waals surface area contributed by atoms with Gasteiger partial charge in [0.25, 0.3) is 0 Å². The fourth-order valence-corrected chi connectivity index (χ4v) is 3.40. The molecule has 1 aromatic carbocycles. The highest BCUT2D eigenvalue weighted by atomic mass is 16.5. The van der Waals surface area contributed by atoms with Gasteiger partial charge in [0.1, 0.15) is 0 Å². The first kappa shape index (κ1) is 16.1. The van der Waals surface area contributed by atoms with Crippen LogP contribution in [-0.4, -0.2) is 53.1 Å². The van der Waals surface area contributed by atoms with Crippen molar-refractivity contribution >= 4 is 6.03 Å². The zero-order chi connectivity index (χ0) is 17.1. The van der Waals surface area contributed by atoms with Crippen LogP contribution in [0.2, 0.25) is 0 Å². The maximum absolute atomic E-state index is 12.5. The van der Waals surface area contributed by atoms with Crippen LogP contribution in [0.25, 0.3) is 5.69 Å². The van der Waals surface area contributed by atoms with Crippen LogP contribution in [0.3, 0.4) is 0 Å². The highest BCUT2D eigenvalue weighted by Crippen LogP contribution is 2.36. The second-order valence-electron chi connectivity index (χ2n) is 6.77. The number of benzene rings is 1. The second kappa shape index (κ2) is 7.27. The van der Waals surface area contributed by atoms with Crippen LogP contribution in [0, 0.1) is 5.92 Å². The van der Waals surface area contributed by atoms with Crippen molar-refractivity contribution in [1.82, 2.24) is 20.0 Å². The zero-order valence-corrected chi connectivity index (χ0v) is 14.3. The van der Waals surface area contributed by atoms with Gasteiger partial charge in [-0.3, -0.25) is 0 Å². The Labute approximate surface area is 147 Å². The minimum atomic E-state index is 0.0494. The average Bonchev–Trinajstić information content (AvgIpc) is 3.36. The number of hydrogen-bond donors (Lipinski definition) is 1. The highest BCUT2D eigenvalue weighted by molar-refractivity contribution is 5.74. The Balaban J connectivity index is 1.27. The molecule has 0 unspecified atom stereocenters. The van der Waals surface area contributed by atoms with Crippen molar-refractivity contribution in [2.45, 2.75) is 25.3 Å². The largest absolute Gasteiger partial charge is 0.377 e. The van der Waals surface area contributed by atoms with E-state index in [4.69, 9.17) is 4.74 Å². The summed E-state index contributed by atoms with van der Waals surface area (Å²) in [4.78, 5) is 14.5. The summed E-state index contributed by atoms with van der Waals surface area (Å²) in [6.07, 6.45) is 6.96. The number of carbonyl (C=O) groups excluding carboxylic acids is 1. The number of hydrogen-bond acceptors (Lipinski definition) is 3. The zero-order valence-electron chi connectivity index (χ0n) is 14.3. The van der Waals surface area contributed by atoms with Gasteiger partial charge in [-0.1, -0.05) is 12.1 Å². The van der Waals surface area contributed by atoms with Gasteiger partial charge in [0.05, 0.1) is 24.9 Å². The van der Waals surface area contributed by atoms with Crippen molar-refractivity contribution in [2.75, 3.05) is 26.3 Å². The Morgan fingerprint density at radius 3 is 2.84 bits per heavy atom. The molecule has 4 rings (SSSR count). The van der Waals surface area contributed by atoms with Crippen molar-refractivity contribution in [3.05, 3.63) is 48.3 Å². The minimum absolute atomic E-state index is 0.0494. The van der Waals surface area contributed by atoms with E-state index in [0.717, 1.165) is 12.1 Å². The van der Waals surface area contributed by atoms with E-state index in [1.54, 1.807) is 6.20 Å². The van der Waals surface area contributed by atoms with E-state index in [1.165, 1.54) is 18.4 Å². The fourth-order valence-electron chi connectivity index (χ4n) is 3.40. The Bertz CT molecular complexity index is 695. The third-order valence-electron chi connectivity index (χ3n) is 4.99. The summed E-state index contributed by atoms with van der Waals surface area (Å²) in [7, 11) is 0. The highest BCUT2D eigenvalue weighted by Gasteiger charge is 2.39. The van der Waals surface area contributed by atoms with E-state index < -0.39 is 0 Å². The summed E-state index contributed by atoms with van der Waals surface area (Å²) < 4.78 is 7.39. The molecule has 1 saturated carbocycles. The topological polar surface area (TPSA) is 59.4 Å². The smallest absolute Gasteiger partial charge is 0.317 e. The molecule has 2 heterocycles. The molecule has 25 heavy (non-hydrogen) atoms. The van der Waals surface area contributed by atoms with Gasteiger partial charge in [-0.2, -0.15) is 5.10 Å². The monoisotopic (exact) mass is 340 g/mol. The summed E-state index contributed by atoms with van der Waals surface area (Å²) in [5, 5.41) is 7.29. The molecule has 2 amide bonds. The SMILES string of the molecule is O=C(NCCc1ccc(-n2cccn2)cc1)N1CCOC[C@H]1C1CC1. The molecule has 1 atom stereocenters. The van der Waals surface area contributed by atoms with Crippen LogP contribution in [0.5, 0.6) is 0 Å². The van der Waals surface area contributed by atoms with Crippen molar-refractivity contribution in [2.24, 2.45) is 5.92 Å². The van der Waals surface area contributed by atoms with Crippen LogP contribution in [0.15, 0.2) is 42.7 Å². The van der Waals surface area contributed by atoms with Gasteiger partial charge in [-0.25, -0.2) is 9.48 Å². The number of nitrogens with zero attached hydrogens (tertiary/aromatic N) is 3. The summed E-state index contributed by atoms with van der Waals surface area (Å²) >= 11 is 0. The van der Waals surface area contributed by atoms with Crippen molar-refractivity contribution < 1.29 is 9.53 Å². The second-order valence-corrected chi connectivity index (χ2v) is 6.77. The first-order valence-electron chi connectivity index (χ1n) is 9.02. The normalized spacial score (nSPS) is 20.5. The predicted molar refractivity (Wildman–Crippen MR) is 94.7 cm³/mol. The number of ether oxygens (including phenoxy) is 1. The van der Waals surface area contributed by atoms with Gasteiger partial charge in [0, 0.05) is 25.5 Å². The van der Waals surface area contributed by atoms with Crippen molar-refractivity contribution in [1.29, 1.82) is 0 Å². The van der Waals surface area contributed by atoms with E-state index >= 15 is 0 Å². The van der Waals surface area contributed by atoms with Gasteiger partial charge in [-0.15, -0.1) is 0 Å². The summed E-state index contributed by atoms with van der Waals surface area (Å²) in [6, 6.07) is 10.5. The molecule has 132 valence electrons. The number of morpholine rings is 1. The molecule has 1 N–H and O–H groups in total. The molecular weight excluding hydrogens is 316 g/mol. The van der Waals surface area contributed by atoms with Gasteiger partial charge < -0.3 is 15.0 Å². The third kappa shape index (κ3) is 3.85. The molecule has 2 aromatic rings. The van der Waals surface area contributed by atoms with E-state index in [1.807, 2.05) is 21.8 Å². The molecule has 0 spiro atoms. The average molecular weight is 340 g/mol. The number of nitrogens with one attached hydrogen (secondary N) is 1. The Hall–Kier alpha value is -2.34. The third-order valence-corrected chi connectivity index (χ3v) is 4.99. The molecule has 2 fully saturated rings. The predicted octanol–water partition coefficient (Wildman–Crippen LogP) is 2.24. The minimum Gasteiger partial charge on any atom is -0.377 e. The van der Waals surface area contributed by atoms with Gasteiger partial charge in [0.15, 0.2) is 0 Å². The Morgan fingerprint density at radius 1 is 1.28 bits per heavy atom. The van der Waals surface area contributed by atoms with Crippen LogP contribution in [0.4, 0.5) is 4.79 Å². The quantitative estimate of drug-likeness (QED) is 0.908. The number of urea groups is 1. The molecule has 1 aliphatic heterocycles. The van der Waals surface area contributed by atoms with Crippen LogP contribution in [0.1, 0.15) is 18.4 Å². The van der Waals surface area contributed by atoms with Crippen molar-refractivity contribution in [3.8, 4) is 5.69 Å². The van der Waals surface area contributed by atoms with Crippen LogP contribution < -0.4 is 5.32 Å². The fraction of sp³-hybridized carbons (Fsp3) is 0.474. The maximum atomic E-state index is 12.5. The number of rotatable bonds is 5. The summed E-state index contributed by atoms with van der Waals surface area (Å²) in [5.74, 6) is 0.640. The van der Waals surface area contributed by atoms with Gasteiger partial charge in [-0.05, 0) is 48.9 Å². The van der Waals surface area contributed by atoms with E-state index in [2.05, 4.69) is 34.7 Å². The van der Waals surface area contributed by atoms with Gasteiger partial charge in [0.2, 0.25) is 0 Å². The van der Waals surface area contributed by atoms with Crippen LogP contribution in [-0.2, 0) is 11.2 Å². The summed E-state index contributed by atoms with van der Waals surface area (Å²) in [6.45, 7) is 2.68. The molecule has 1 saturated heterocycles. The molecule has 6 heteroatoms. The molecule has 2 aliphatic rings. The molecule has 0 bridgehead atoms. The van der Waals surface area contributed by atoms with E-state index in [-0.39, 0.29) is 12.1 Å². The van der Waals surface area contributed by atoms with Gasteiger partial charge >= 0.3 is 6.03 Å². The standard InChI is InChI=1S/C19H24N4O2/c24-19(22-12-13-25-14-18(22)16-4-5-16)20-10-8-15-2-6-17(7-3-15)23-11-1-9-21-23/h1-3,6-7,9,11,16,18H,4-5,8,10,12-14H2,(H,20,24)/t18-/m0/s1. The number of amides is 2. The Kier molecular flexibility index (Phi) is 4.70. The Morgan fingerprint density at radius 2 is 2.12 bits per heavy atom. The first-order chi connectivity index (χ1) is 12.3. The lowest BCUT2D eigenvalue weighted by atomic mass is 10.1. The van der Waals surface area contributed by atoms with Crippen LogP contribution >= 0.6 is 0 Å². The molecule has 6 nitrogen and oxygen atoms in total. The maximum Gasteiger partial charge on any atom is 0.317 e.